The van der Waals surface area contributed by atoms with Crippen molar-refractivity contribution < 1.29 is 9.90 Å². The summed E-state index contributed by atoms with van der Waals surface area (Å²) in [6.07, 6.45) is 0.896. The van der Waals surface area contributed by atoms with Gasteiger partial charge in [-0.1, -0.05) is 39.0 Å². The van der Waals surface area contributed by atoms with Crippen LogP contribution in [0.2, 0.25) is 0 Å². The van der Waals surface area contributed by atoms with Crippen LogP contribution in [0.5, 0.6) is 0 Å². The minimum Gasteiger partial charge on any atom is -0.480 e. The van der Waals surface area contributed by atoms with E-state index in [1.165, 1.54) is 0 Å². The van der Waals surface area contributed by atoms with Gasteiger partial charge in [0.1, 0.15) is 6.04 Å². The lowest BCUT2D eigenvalue weighted by Gasteiger charge is -2.20. The highest BCUT2D eigenvalue weighted by molar-refractivity contribution is 5.78. The van der Waals surface area contributed by atoms with Crippen molar-refractivity contribution in [2.24, 2.45) is 5.92 Å². The maximum Gasteiger partial charge on any atom is 0.326 e. The molecule has 1 atom stereocenters. The van der Waals surface area contributed by atoms with E-state index in [2.05, 4.69) is 12.2 Å². The van der Waals surface area contributed by atoms with Crippen LogP contribution >= 0.6 is 0 Å². The van der Waals surface area contributed by atoms with Gasteiger partial charge in [0.05, 0.1) is 0 Å². The molecule has 1 rings (SSSR count). The molecule has 0 aliphatic rings. The predicted molar refractivity (Wildman–Crippen MR) is 65.7 cm³/mol. The lowest BCUT2D eigenvalue weighted by Crippen LogP contribution is -2.34. The van der Waals surface area contributed by atoms with E-state index in [4.69, 9.17) is 5.11 Å². The molecule has 3 heteroatoms. The van der Waals surface area contributed by atoms with Gasteiger partial charge in [-0.3, -0.25) is 0 Å². The van der Waals surface area contributed by atoms with Crippen molar-refractivity contribution in [2.75, 3.05) is 5.32 Å². The van der Waals surface area contributed by atoms with Gasteiger partial charge < -0.3 is 10.4 Å². The number of rotatable bonds is 5. The van der Waals surface area contributed by atoms with Crippen LogP contribution in [0.15, 0.2) is 24.3 Å². The first-order chi connectivity index (χ1) is 7.56. The molecule has 0 radical (unpaired) electrons. The monoisotopic (exact) mass is 221 g/mol. The molecule has 2 N–H and O–H groups in total. The summed E-state index contributed by atoms with van der Waals surface area (Å²) in [4.78, 5) is 11.1. The highest BCUT2D eigenvalue weighted by Crippen LogP contribution is 2.18. The second kappa shape index (κ2) is 5.54. The Morgan fingerprint density at radius 1 is 1.38 bits per heavy atom. The fraction of sp³-hybridized carbons (Fsp3) is 0.462. The number of para-hydroxylation sites is 1. The van der Waals surface area contributed by atoms with Crippen molar-refractivity contribution in [3.63, 3.8) is 0 Å². The summed E-state index contributed by atoms with van der Waals surface area (Å²) in [6.45, 7) is 5.87. The first-order valence-electron chi connectivity index (χ1n) is 5.63. The summed E-state index contributed by atoms with van der Waals surface area (Å²) in [5, 5.41) is 12.2. The number of anilines is 1. The molecule has 0 saturated heterocycles. The van der Waals surface area contributed by atoms with Crippen LogP contribution < -0.4 is 5.32 Å². The summed E-state index contributed by atoms with van der Waals surface area (Å²) in [5.41, 5.74) is 2.07. The van der Waals surface area contributed by atoms with Gasteiger partial charge in [0.15, 0.2) is 0 Å². The highest BCUT2D eigenvalue weighted by Gasteiger charge is 2.21. The molecular formula is C13H19NO2. The van der Waals surface area contributed by atoms with E-state index in [0.717, 1.165) is 17.7 Å². The lowest BCUT2D eigenvalue weighted by molar-refractivity contribution is -0.138. The zero-order chi connectivity index (χ0) is 12.1. The van der Waals surface area contributed by atoms with E-state index >= 15 is 0 Å². The summed E-state index contributed by atoms with van der Waals surface area (Å²) < 4.78 is 0. The van der Waals surface area contributed by atoms with Gasteiger partial charge in [0.2, 0.25) is 0 Å². The average molecular weight is 221 g/mol. The number of carboxylic acids is 1. The summed E-state index contributed by atoms with van der Waals surface area (Å²) >= 11 is 0. The van der Waals surface area contributed by atoms with Crippen LogP contribution in [-0.2, 0) is 11.2 Å². The Morgan fingerprint density at radius 3 is 2.50 bits per heavy atom. The van der Waals surface area contributed by atoms with E-state index in [9.17, 15) is 4.79 Å². The molecule has 1 aromatic rings. The fourth-order valence-electron chi connectivity index (χ4n) is 1.65. The smallest absolute Gasteiger partial charge is 0.326 e. The Morgan fingerprint density at radius 2 is 2.00 bits per heavy atom. The Labute approximate surface area is 96.5 Å². The number of aliphatic carboxylic acids is 1. The average Bonchev–Trinajstić information content (AvgIpc) is 2.25. The van der Waals surface area contributed by atoms with Crippen LogP contribution in [0.25, 0.3) is 0 Å². The van der Waals surface area contributed by atoms with Crippen molar-refractivity contribution in [3.05, 3.63) is 29.8 Å². The number of carbonyl (C=O) groups is 1. The fourth-order valence-corrected chi connectivity index (χ4v) is 1.65. The lowest BCUT2D eigenvalue weighted by atomic mass is 10.0. The molecule has 0 aromatic heterocycles. The van der Waals surface area contributed by atoms with Crippen LogP contribution in [0.1, 0.15) is 26.3 Å². The molecule has 0 amide bonds. The number of hydrogen-bond acceptors (Lipinski definition) is 2. The van der Waals surface area contributed by atoms with Crippen LogP contribution in [0.3, 0.4) is 0 Å². The van der Waals surface area contributed by atoms with E-state index in [1.54, 1.807) is 0 Å². The molecule has 1 aromatic carbocycles. The number of hydrogen-bond donors (Lipinski definition) is 2. The minimum absolute atomic E-state index is 0.0578. The number of benzene rings is 1. The zero-order valence-corrected chi connectivity index (χ0v) is 10.0. The number of carboxylic acid groups (broad SMARTS) is 1. The normalized spacial score (nSPS) is 12.5. The van der Waals surface area contributed by atoms with E-state index in [0.29, 0.717) is 0 Å². The van der Waals surface area contributed by atoms with Gasteiger partial charge in [-0.05, 0) is 24.0 Å². The second-order valence-corrected chi connectivity index (χ2v) is 4.21. The highest BCUT2D eigenvalue weighted by atomic mass is 16.4. The largest absolute Gasteiger partial charge is 0.480 e. The van der Waals surface area contributed by atoms with Gasteiger partial charge in [-0.2, -0.15) is 0 Å². The van der Waals surface area contributed by atoms with Gasteiger partial charge in [0, 0.05) is 5.69 Å². The first-order valence-corrected chi connectivity index (χ1v) is 5.63. The molecular weight excluding hydrogens is 202 g/mol. The quantitative estimate of drug-likeness (QED) is 0.803. The maximum atomic E-state index is 11.1. The molecule has 0 spiro atoms. The van der Waals surface area contributed by atoms with E-state index in [-0.39, 0.29) is 5.92 Å². The van der Waals surface area contributed by atoms with E-state index < -0.39 is 12.0 Å². The summed E-state index contributed by atoms with van der Waals surface area (Å²) in [6, 6.07) is 7.29. The minimum atomic E-state index is -0.805. The van der Waals surface area contributed by atoms with Crippen molar-refractivity contribution in [2.45, 2.75) is 33.2 Å². The van der Waals surface area contributed by atoms with Crippen molar-refractivity contribution in [3.8, 4) is 0 Å². The number of aryl methyl sites for hydroxylation is 1. The molecule has 0 heterocycles. The molecule has 0 fully saturated rings. The van der Waals surface area contributed by atoms with Gasteiger partial charge in [-0.15, -0.1) is 0 Å². The zero-order valence-electron chi connectivity index (χ0n) is 10.0. The molecule has 0 aliphatic carbocycles. The summed E-state index contributed by atoms with van der Waals surface area (Å²) in [7, 11) is 0. The third-order valence-electron chi connectivity index (χ3n) is 2.64. The molecule has 0 aliphatic heterocycles. The Bertz CT molecular complexity index is 361. The van der Waals surface area contributed by atoms with Crippen LogP contribution in [0, 0.1) is 5.92 Å². The molecule has 1 unspecified atom stereocenters. The molecule has 88 valence electrons. The second-order valence-electron chi connectivity index (χ2n) is 4.21. The van der Waals surface area contributed by atoms with Gasteiger partial charge >= 0.3 is 5.97 Å². The van der Waals surface area contributed by atoms with Crippen molar-refractivity contribution in [1.82, 2.24) is 0 Å². The topological polar surface area (TPSA) is 49.3 Å². The SMILES string of the molecule is CCc1ccccc1NC(C(=O)O)C(C)C. The molecule has 3 nitrogen and oxygen atoms in total. The van der Waals surface area contributed by atoms with Crippen molar-refractivity contribution >= 4 is 11.7 Å². The molecule has 16 heavy (non-hydrogen) atoms. The Kier molecular flexibility index (Phi) is 4.35. The molecule has 0 bridgehead atoms. The molecule has 0 saturated carbocycles. The number of nitrogens with one attached hydrogen (secondary N) is 1. The Balaban J connectivity index is 2.89. The van der Waals surface area contributed by atoms with Crippen LogP contribution in [0.4, 0.5) is 5.69 Å². The van der Waals surface area contributed by atoms with E-state index in [1.807, 2.05) is 38.1 Å². The van der Waals surface area contributed by atoms with Gasteiger partial charge in [0.25, 0.3) is 0 Å². The predicted octanol–water partition coefficient (Wildman–Crippen LogP) is 2.77. The third-order valence-corrected chi connectivity index (χ3v) is 2.64. The third kappa shape index (κ3) is 2.99. The van der Waals surface area contributed by atoms with Crippen molar-refractivity contribution in [1.29, 1.82) is 0 Å². The standard InChI is InChI=1S/C13H19NO2/c1-4-10-7-5-6-8-11(10)14-12(9(2)3)13(15)16/h5-9,12,14H,4H2,1-3H3,(H,15,16). The first kappa shape index (κ1) is 12.6. The Hall–Kier alpha value is -1.51. The summed E-state index contributed by atoms with van der Waals surface area (Å²) in [5.74, 6) is -0.747. The maximum absolute atomic E-state index is 11.1. The van der Waals surface area contributed by atoms with Crippen LogP contribution in [-0.4, -0.2) is 17.1 Å². The van der Waals surface area contributed by atoms with Gasteiger partial charge in [-0.25, -0.2) is 4.79 Å².